The lowest BCUT2D eigenvalue weighted by atomic mass is 9.75. The Morgan fingerprint density at radius 1 is 0.469 bits per heavy atom. The molecule has 6 aliphatic rings. The van der Waals surface area contributed by atoms with Crippen molar-refractivity contribution in [3.63, 3.8) is 0 Å². The Labute approximate surface area is 777 Å². The van der Waals surface area contributed by atoms with Crippen molar-refractivity contribution in [3.05, 3.63) is 228 Å². The summed E-state index contributed by atoms with van der Waals surface area (Å²) in [4.78, 5) is 119. The fraction of sp³-hybridized carbons (Fsp3) is 0.429. The summed E-state index contributed by atoms with van der Waals surface area (Å²) in [6.07, 6.45) is 2.35. The summed E-state index contributed by atoms with van der Waals surface area (Å²) in [5.41, 5.74) is 7.80. The van der Waals surface area contributed by atoms with Gasteiger partial charge in [-0.1, -0.05) is 60.3 Å². The van der Waals surface area contributed by atoms with Crippen LogP contribution in [-0.2, 0) is 92.2 Å². The van der Waals surface area contributed by atoms with Gasteiger partial charge >= 0.3 is 11.9 Å². The number of ketones is 2. The molecule has 2 spiro atoms. The van der Waals surface area contributed by atoms with Gasteiger partial charge in [-0.05, 0) is 208 Å². The Morgan fingerprint density at radius 3 is 1.15 bits per heavy atom. The molecule has 8 aromatic rings. The summed E-state index contributed by atoms with van der Waals surface area (Å²) in [6, 6.07) is 28.2. The number of benzene rings is 8. The van der Waals surface area contributed by atoms with E-state index in [0.717, 1.165) is 98.8 Å². The zero-order valence-corrected chi connectivity index (χ0v) is 78.5. The highest BCUT2D eigenvalue weighted by molar-refractivity contribution is 6.41. The van der Waals surface area contributed by atoms with Crippen molar-refractivity contribution in [2.45, 2.75) is 156 Å². The molecule has 32 heteroatoms. The third kappa shape index (κ3) is 20.7. The first kappa shape index (κ1) is 97.1. The average molecular weight is 1860 g/mol. The van der Waals surface area contributed by atoms with Gasteiger partial charge in [0.05, 0.1) is 94.7 Å². The number of esters is 2. The Bertz CT molecular complexity index is 5530. The number of ether oxygens (including phenoxy) is 6. The lowest BCUT2D eigenvalue weighted by Gasteiger charge is -2.38. The quantitative estimate of drug-likeness (QED) is 0.0137. The Morgan fingerprint density at radius 2 is 0.815 bits per heavy atom. The van der Waals surface area contributed by atoms with Crippen molar-refractivity contribution in [2.75, 3.05) is 131 Å². The molecule has 4 amide bonds. The van der Waals surface area contributed by atoms with E-state index in [1.54, 1.807) is 38.1 Å². The van der Waals surface area contributed by atoms with Crippen LogP contribution in [0.1, 0.15) is 197 Å². The first-order chi connectivity index (χ1) is 62.1. The van der Waals surface area contributed by atoms with E-state index < -0.39 is 73.6 Å². The fourth-order valence-electron chi connectivity index (χ4n) is 17.8. The number of amides is 4. The largest absolute Gasteiger partial charge is 0.490 e. The van der Waals surface area contributed by atoms with Gasteiger partial charge in [-0.25, -0.2) is 9.59 Å². The third-order valence-electron chi connectivity index (χ3n) is 25.0. The van der Waals surface area contributed by atoms with Gasteiger partial charge in [0.15, 0.2) is 11.2 Å². The highest BCUT2D eigenvalue weighted by atomic mass is 35.5. The van der Waals surface area contributed by atoms with Crippen molar-refractivity contribution < 1.29 is 87.2 Å². The van der Waals surface area contributed by atoms with E-state index in [2.05, 4.69) is 68.8 Å². The van der Waals surface area contributed by atoms with Crippen molar-refractivity contribution in [2.24, 2.45) is 0 Å². The molecule has 2 unspecified atom stereocenters. The minimum atomic E-state index is -1.55. The van der Waals surface area contributed by atoms with Gasteiger partial charge in [0, 0.05) is 176 Å². The number of hydrogen-bond acceptors (Lipinski definition) is 24. The number of nitrogens with zero attached hydrogens (tertiary/aromatic N) is 6. The first-order valence-corrected chi connectivity index (χ1v) is 45.5. The monoisotopic (exact) mass is 1860 g/mol. The number of Topliss-reactive ketones (excluding diaryl/α,β-unsaturated/α-hetero) is 2. The molecular formula is C98H114Cl4N10O18. The highest BCUT2D eigenvalue weighted by Gasteiger charge is 2.58. The predicted octanol–water partition coefficient (Wildman–Crippen LogP) is 12.6. The van der Waals surface area contributed by atoms with Gasteiger partial charge in [-0.15, -0.1) is 0 Å². The van der Waals surface area contributed by atoms with E-state index in [0.29, 0.717) is 148 Å². The van der Waals surface area contributed by atoms with Gasteiger partial charge in [0.2, 0.25) is 11.8 Å². The molecule has 6 heterocycles. The average Bonchev–Trinajstić information content (AvgIpc) is 1.51. The van der Waals surface area contributed by atoms with Crippen molar-refractivity contribution >= 4 is 105 Å². The highest BCUT2D eigenvalue weighted by Crippen LogP contribution is 2.62. The zero-order chi connectivity index (χ0) is 93.5. The number of halogens is 4. The number of rotatable bonds is 34. The number of hydrogen-bond donors (Lipinski definition) is 8. The second-order valence-electron chi connectivity index (χ2n) is 34.5. The van der Waals surface area contributed by atoms with Gasteiger partial charge in [0.1, 0.15) is 58.3 Å². The van der Waals surface area contributed by atoms with Gasteiger partial charge in [-0.2, -0.15) is 0 Å². The number of piperazine rings is 2. The molecule has 8 N–H and O–H groups in total. The number of carbonyl (C=O) groups is 8. The van der Waals surface area contributed by atoms with Crippen LogP contribution in [0.15, 0.2) is 97.1 Å². The smallest absolute Gasteiger partial charge is 0.341 e. The van der Waals surface area contributed by atoms with Crippen LogP contribution in [0.25, 0.3) is 0 Å². The van der Waals surface area contributed by atoms with E-state index in [4.69, 9.17) is 74.8 Å². The lowest BCUT2D eigenvalue weighted by Crippen LogP contribution is -2.46. The molecule has 0 bridgehead atoms. The molecule has 2 fully saturated rings. The fourth-order valence-corrected chi connectivity index (χ4v) is 19.1. The van der Waals surface area contributed by atoms with Crippen molar-refractivity contribution in [3.8, 4) is 34.5 Å². The Kier molecular flexibility index (Phi) is 31.4. The summed E-state index contributed by atoms with van der Waals surface area (Å²) in [6.45, 7) is 18.4. The van der Waals surface area contributed by atoms with Crippen LogP contribution in [0.5, 0.6) is 34.5 Å². The van der Waals surface area contributed by atoms with Crippen LogP contribution in [0.4, 0.5) is 11.4 Å². The van der Waals surface area contributed by atoms with E-state index in [1.807, 2.05) is 113 Å². The minimum Gasteiger partial charge on any atom is -0.490 e. The molecule has 130 heavy (non-hydrogen) atoms. The molecule has 14 rings (SSSR count). The topological polar surface area (TPSA) is 340 Å². The maximum atomic E-state index is 14.1. The van der Waals surface area contributed by atoms with E-state index in [1.165, 1.54) is 12.1 Å². The van der Waals surface area contributed by atoms with Crippen LogP contribution < -0.4 is 50.0 Å². The van der Waals surface area contributed by atoms with Crippen LogP contribution in [0.2, 0.25) is 20.1 Å². The van der Waals surface area contributed by atoms with Crippen LogP contribution in [-0.4, -0.2) is 220 Å². The van der Waals surface area contributed by atoms with Gasteiger partial charge in [0.25, 0.3) is 11.8 Å². The summed E-state index contributed by atoms with van der Waals surface area (Å²) in [5.74, 6) is -0.370. The molecule has 0 aromatic heterocycles. The number of aryl methyl sites for hydroxylation is 4. The molecule has 0 radical (unpaired) electrons. The standard InChI is InChI=1S/C50H58Cl2N4O9.C48H56Cl2N6O9/c1-7-31-21-42-39(16-28(31)3)50(40-17-29(4)32(8-2)22-43(40)64-42)46-41(51)23-37(47(52)45(46)49(62)65-50)48(61)54-24-38-33(26-57)19-36(20-34(38)27-58)63-30(5)18-44(60)53-11-9-10-35(59)25-56-14-12-55(6)13-15-56;1-28(18-42(60)51-13-7-8-33(59)25-56-16-14-55(6)15-17-56)63-34-19-29(26-57)36(30(20-34)27-58)24-52-46(61)35-23-39(49)44-43(45(35)50)47(62)65-48(44)37-11-9-31(53(2)3)21-40(37)64-41-22-32(54(4)5)10-12-38(41)48/h16-17,19-23,30,57-58H,7-15,18,24-27H2,1-6H3,(H,53,60)(H,54,61);9-12,19-23,28,57-58H,7-8,13-18,24-27H2,1-6H3,(H,51,60)(H,52,61). The lowest BCUT2D eigenvalue weighted by molar-refractivity contribution is -0.123. The maximum Gasteiger partial charge on any atom is 0.341 e. The summed E-state index contributed by atoms with van der Waals surface area (Å²) >= 11 is 28.3. The summed E-state index contributed by atoms with van der Waals surface area (Å²) in [7, 11) is 11.8. The molecule has 0 aliphatic carbocycles. The molecule has 2 saturated heterocycles. The maximum absolute atomic E-state index is 14.1. The van der Waals surface area contributed by atoms with Crippen LogP contribution >= 0.6 is 46.4 Å². The van der Waals surface area contributed by atoms with Crippen LogP contribution in [0, 0.1) is 13.8 Å². The van der Waals surface area contributed by atoms with E-state index in [9.17, 15) is 58.8 Å². The Balaban J connectivity index is 0.000000222. The molecule has 28 nitrogen and oxygen atoms in total. The van der Waals surface area contributed by atoms with E-state index >= 15 is 0 Å². The molecule has 0 saturated carbocycles. The number of aliphatic hydroxyl groups is 4. The van der Waals surface area contributed by atoms with Crippen molar-refractivity contribution in [1.29, 1.82) is 0 Å². The molecule has 6 aliphatic heterocycles. The number of likely N-dealkylation sites (N-methyl/N-ethyl adjacent to an activating group) is 2. The van der Waals surface area contributed by atoms with Gasteiger partial charge < -0.3 is 89.7 Å². The number of carbonyl (C=O) groups excluding carboxylic acids is 8. The number of aliphatic hydroxyl groups excluding tert-OH is 4. The molecule has 692 valence electrons. The zero-order valence-electron chi connectivity index (χ0n) is 75.5. The first-order valence-electron chi connectivity index (χ1n) is 44.0. The Hall–Kier alpha value is -10.4. The molecule has 8 aromatic carbocycles. The second kappa shape index (κ2) is 42.0. The summed E-state index contributed by atoms with van der Waals surface area (Å²) in [5, 5.41) is 52.8. The van der Waals surface area contributed by atoms with Crippen LogP contribution in [0.3, 0.4) is 0 Å². The normalized spacial score (nSPS) is 15.6. The second-order valence-corrected chi connectivity index (χ2v) is 36.1. The number of anilines is 2. The number of fused-ring (bicyclic) bond motifs is 12. The van der Waals surface area contributed by atoms with E-state index in [-0.39, 0.29) is 97.2 Å². The van der Waals surface area contributed by atoms with Gasteiger partial charge in [-0.3, -0.25) is 38.6 Å². The molecular weight excluding hydrogens is 1750 g/mol. The van der Waals surface area contributed by atoms with Crippen molar-refractivity contribution in [1.82, 2.24) is 40.9 Å². The third-order valence-corrected chi connectivity index (χ3v) is 26.3. The predicted molar refractivity (Wildman–Crippen MR) is 497 cm³/mol. The SMILES string of the molecule is CC(CC(=O)NCCCC(=O)CN1CCN(C)CC1)Oc1cc(CO)c(CNC(=O)c2cc(Cl)c3c(c2Cl)C(=O)OC32c3ccc(N(C)C)cc3Oc3cc(N(C)C)ccc32)c(CO)c1.CCc1cc2c(cc1C)C1(OC(=O)c3c(Cl)c(C(=O)NCc4c(CO)cc(OC(C)CC(=O)NCCCC(=O)CN5CCN(C)CC5)cc4CO)cc(Cl)c31)c1cc(C)c(CC)cc1O2. The number of nitrogens with one attached hydrogen (secondary N) is 4. The summed E-state index contributed by atoms with van der Waals surface area (Å²) < 4.78 is 37.9. The molecule has 2 atom stereocenters. The minimum absolute atomic E-state index is 0.0271.